The number of hydrogen-bond acceptors (Lipinski definition) is 5. The van der Waals surface area contributed by atoms with Gasteiger partial charge in [0.1, 0.15) is 0 Å². The maximum atomic E-state index is 16.2. The van der Waals surface area contributed by atoms with Crippen molar-refractivity contribution in [3.8, 4) is 0 Å². The molecule has 0 spiro atoms. The van der Waals surface area contributed by atoms with E-state index >= 15 is 26.3 Å². The molecular formula is C26H24Br3F6O7P3. The van der Waals surface area contributed by atoms with Crippen molar-refractivity contribution in [2.45, 2.75) is 51.6 Å². The molecule has 0 aliphatic heterocycles. The summed E-state index contributed by atoms with van der Waals surface area (Å²) >= 11 is 8.47. The summed E-state index contributed by atoms with van der Waals surface area (Å²) in [6.07, 6.45) is 0. The minimum absolute atomic E-state index is 0.0202. The zero-order valence-electron chi connectivity index (χ0n) is 23.7. The summed E-state index contributed by atoms with van der Waals surface area (Å²) in [6.45, 7) is 6.96. The fourth-order valence-corrected chi connectivity index (χ4v) is 12.1. The number of halogens is 9. The van der Waals surface area contributed by atoms with Crippen LogP contribution in [-0.2, 0) is 39.3 Å². The molecule has 0 fully saturated rings. The van der Waals surface area contributed by atoms with Crippen LogP contribution in [-0.4, -0.2) is 9.79 Å². The highest BCUT2D eigenvalue weighted by Crippen LogP contribution is 2.84. The highest BCUT2D eigenvalue weighted by molar-refractivity contribution is 9.11. The van der Waals surface area contributed by atoms with Gasteiger partial charge in [-0.3, -0.25) is 13.7 Å². The molecule has 0 aliphatic carbocycles. The molecule has 3 rings (SSSR count). The van der Waals surface area contributed by atoms with Gasteiger partial charge in [0.2, 0.25) is 0 Å². The van der Waals surface area contributed by atoms with E-state index in [0.29, 0.717) is 29.3 Å². The van der Waals surface area contributed by atoms with Crippen LogP contribution in [0.25, 0.3) is 0 Å². The molecule has 248 valence electrons. The van der Waals surface area contributed by atoms with Crippen molar-refractivity contribution in [2.75, 3.05) is 0 Å². The van der Waals surface area contributed by atoms with Crippen molar-refractivity contribution in [3.05, 3.63) is 100 Å². The third-order valence-corrected chi connectivity index (χ3v) is 16.4. The Labute approximate surface area is 279 Å². The molecule has 0 bridgehead atoms. The number of rotatable bonds is 10. The Balaban J connectivity index is 2.29. The van der Waals surface area contributed by atoms with E-state index in [4.69, 9.17) is 0 Å². The molecule has 2 atom stereocenters. The van der Waals surface area contributed by atoms with E-state index in [1.165, 1.54) is 40.7 Å². The van der Waals surface area contributed by atoms with Gasteiger partial charge < -0.3 is 9.79 Å². The van der Waals surface area contributed by atoms with Gasteiger partial charge in [-0.15, -0.1) is 0 Å². The van der Waals surface area contributed by atoms with E-state index in [1.54, 1.807) is 0 Å². The second-order valence-electron chi connectivity index (χ2n) is 10.00. The van der Waals surface area contributed by atoms with E-state index in [2.05, 4.69) is 56.4 Å². The Morgan fingerprint density at radius 1 is 0.556 bits per heavy atom. The standard InChI is InChI=1S/C26H24Br3F6O7P3/c1-13-9-11-19(22(28)16(13)4)24(30,31)43(36,37)41-45(40,26(34,35)18-8-6-7-15(3)21(18)27)42-44(38,39)25(32,33)20-12-10-14(2)17(5)23(20)29/h6-12H,1-5H3,(H,36,37)(H,38,39). The lowest BCUT2D eigenvalue weighted by atomic mass is 10.1. The third kappa shape index (κ3) is 6.76. The van der Waals surface area contributed by atoms with Gasteiger partial charge in [-0.1, -0.05) is 42.5 Å². The first kappa shape index (κ1) is 38.7. The van der Waals surface area contributed by atoms with Crippen LogP contribution >= 0.6 is 70.6 Å². The first-order chi connectivity index (χ1) is 20.3. The fraction of sp³-hybridized carbons (Fsp3) is 0.308. The Kier molecular flexibility index (Phi) is 11.1. The first-order valence-electron chi connectivity index (χ1n) is 12.4. The molecule has 0 saturated carbocycles. The lowest BCUT2D eigenvalue weighted by Crippen LogP contribution is -2.24. The van der Waals surface area contributed by atoms with E-state index in [-0.39, 0.29) is 16.7 Å². The Morgan fingerprint density at radius 2 is 0.911 bits per heavy atom. The van der Waals surface area contributed by atoms with Crippen LogP contribution in [0.15, 0.2) is 55.9 Å². The van der Waals surface area contributed by atoms with Gasteiger partial charge >= 0.3 is 39.8 Å². The normalized spacial score (nSPS) is 17.0. The molecular weight excluding hydrogens is 871 g/mol. The van der Waals surface area contributed by atoms with Gasteiger partial charge in [-0.25, -0.2) is 8.62 Å². The summed E-state index contributed by atoms with van der Waals surface area (Å²) in [7, 11) is -21.3. The topological polar surface area (TPSA) is 110 Å². The van der Waals surface area contributed by atoms with Crippen LogP contribution in [0.3, 0.4) is 0 Å². The number of alkyl halides is 6. The van der Waals surface area contributed by atoms with E-state index in [0.717, 1.165) is 18.2 Å². The summed E-state index contributed by atoms with van der Waals surface area (Å²) < 4.78 is 142. The highest BCUT2D eigenvalue weighted by Gasteiger charge is 2.69. The van der Waals surface area contributed by atoms with Crippen LogP contribution in [0.1, 0.15) is 44.5 Å². The van der Waals surface area contributed by atoms with Gasteiger partial charge in [-0.2, -0.15) is 26.3 Å². The van der Waals surface area contributed by atoms with Crippen LogP contribution in [0.5, 0.6) is 0 Å². The van der Waals surface area contributed by atoms with Gasteiger partial charge in [0.05, 0.1) is 0 Å². The number of hydrogen-bond donors (Lipinski definition) is 2. The minimum atomic E-state index is -7.32. The Morgan fingerprint density at radius 3 is 1.29 bits per heavy atom. The highest BCUT2D eigenvalue weighted by atomic mass is 79.9. The van der Waals surface area contributed by atoms with Crippen LogP contribution in [0.2, 0.25) is 0 Å². The van der Waals surface area contributed by atoms with Gasteiger partial charge in [0.25, 0.3) is 0 Å². The average molecular weight is 895 g/mol. The van der Waals surface area contributed by atoms with Crippen molar-refractivity contribution < 1.29 is 58.4 Å². The van der Waals surface area contributed by atoms with Crippen LogP contribution < -0.4 is 0 Å². The molecule has 19 heteroatoms. The van der Waals surface area contributed by atoms with Crippen molar-refractivity contribution in [1.29, 1.82) is 0 Å². The van der Waals surface area contributed by atoms with Crippen molar-refractivity contribution in [1.82, 2.24) is 0 Å². The van der Waals surface area contributed by atoms with E-state index in [9.17, 15) is 23.5 Å². The maximum Gasteiger partial charge on any atom is 0.419 e. The summed E-state index contributed by atoms with van der Waals surface area (Å²) in [4.78, 5) is 21.0. The monoisotopic (exact) mass is 892 g/mol. The maximum absolute atomic E-state index is 16.2. The third-order valence-electron chi connectivity index (χ3n) is 6.97. The van der Waals surface area contributed by atoms with Gasteiger partial charge in [-0.05, 0) is 110 Å². The molecule has 0 saturated heterocycles. The molecule has 45 heavy (non-hydrogen) atoms. The summed E-state index contributed by atoms with van der Waals surface area (Å²) in [5.41, 5.74) is -18.4. The average Bonchev–Trinajstić information content (AvgIpc) is 2.90. The fourth-order valence-electron chi connectivity index (χ4n) is 3.87. The van der Waals surface area contributed by atoms with E-state index in [1.807, 2.05) is 0 Å². The van der Waals surface area contributed by atoms with Gasteiger partial charge in [0.15, 0.2) is 0 Å². The second-order valence-corrected chi connectivity index (χ2v) is 18.4. The van der Waals surface area contributed by atoms with Crippen molar-refractivity contribution in [3.63, 3.8) is 0 Å². The van der Waals surface area contributed by atoms with Crippen molar-refractivity contribution >= 4 is 70.6 Å². The number of aryl methyl sites for hydroxylation is 3. The molecule has 3 aromatic rings. The predicted molar refractivity (Wildman–Crippen MR) is 167 cm³/mol. The second kappa shape index (κ2) is 12.9. The predicted octanol–water partition coefficient (Wildman–Crippen LogP) is 11.7. The summed E-state index contributed by atoms with van der Waals surface area (Å²) in [5, 5.41) is 0. The summed E-state index contributed by atoms with van der Waals surface area (Å²) in [5.74, 6) is 0. The Hall–Kier alpha value is -0.790. The molecule has 0 amide bonds. The first-order valence-corrected chi connectivity index (χ1v) is 19.4. The molecule has 3 aromatic carbocycles. The Bertz CT molecular complexity index is 1730. The molecule has 0 aromatic heterocycles. The zero-order valence-corrected chi connectivity index (χ0v) is 31.2. The van der Waals surface area contributed by atoms with Crippen LogP contribution in [0.4, 0.5) is 26.3 Å². The molecule has 2 N–H and O–H groups in total. The molecule has 0 radical (unpaired) electrons. The van der Waals surface area contributed by atoms with Gasteiger partial charge in [0, 0.05) is 30.1 Å². The van der Waals surface area contributed by atoms with Crippen LogP contribution in [0, 0.1) is 34.6 Å². The largest absolute Gasteiger partial charge is 0.419 e. The lowest BCUT2D eigenvalue weighted by molar-refractivity contribution is 0.0290. The lowest BCUT2D eigenvalue weighted by Gasteiger charge is -2.33. The van der Waals surface area contributed by atoms with Crippen molar-refractivity contribution in [2.24, 2.45) is 0 Å². The molecule has 2 unspecified atom stereocenters. The minimum Gasteiger partial charge on any atom is -0.320 e. The summed E-state index contributed by atoms with van der Waals surface area (Å²) in [6, 6.07) is 6.29. The molecule has 7 nitrogen and oxygen atoms in total. The molecule has 0 heterocycles. The number of benzene rings is 3. The van der Waals surface area contributed by atoms with E-state index < -0.39 is 69.9 Å². The quantitative estimate of drug-likeness (QED) is 0.154. The smallest absolute Gasteiger partial charge is 0.320 e. The molecule has 0 aliphatic rings. The SMILES string of the molecule is Cc1ccc(C(F)(F)P(=O)(O)OP(=O)(OP(=O)(O)C(F)(F)c2ccc(C)c(C)c2Br)C(F)(F)c2cccc(C)c2Br)c(Br)c1C. The zero-order chi connectivity index (χ0) is 34.7.